The molecule has 10 rings (SSSR count). The molecule has 0 aromatic heterocycles. The lowest BCUT2D eigenvalue weighted by Crippen LogP contribution is -2.29. The number of hydrogen-bond acceptors (Lipinski definition) is 1. The highest BCUT2D eigenvalue weighted by Crippen LogP contribution is 2.59. The minimum Gasteiger partial charge on any atom is -0.310 e. The fourth-order valence-electron chi connectivity index (χ4n) is 8.72. The SMILES string of the molecule is Cc1cc2c(c3ccccc13)-c1ccc(N(c3ccccc3)c3ccccc3)cc1C2(c1ccc2ccccc2c1)c1ccc2ccccc2c1. The number of aryl methyl sites for hydroxylation is 1. The van der Waals surface area contributed by atoms with E-state index in [9.17, 15) is 0 Å². The molecule has 0 aliphatic heterocycles. The molecule has 0 radical (unpaired) electrons. The number of nitrogens with zero attached hydrogens (tertiary/aromatic N) is 1. The molecular weight excluding hydrogens is 615 g/mol. The van der Waals surface area contributed by atoms with Crippen molar-refractivity contribution in [1.82, 2.24) is 0 Å². The van der Waals surface area contributed by atoms with Crippen molar-refractivity contribution in [3.63, 3.8) is 0 Å². The summed E-state index contributed by atoms with van der Waals surface area (Å²) in [6, 6.07) is 71.8. The molecule has 240 valence electrons. The van der Waals surface area contributed by atoms with Crippen LogP contribution in [0.3, 0.4) is 0 Å². The lowest BCUT2D eigenvalue weighted by molar-refractivity contribution is 0.771. The van der Waals surface area contributed by atoms with Gasteiger partial charge < -0.3 is 4.90 Å². The molecule has 0 saturated carbocycles. The topological polar surface area (TPSA) is 3.24 Å². The van der Waals surface area contributed by atoms with E-state index >= 15 is 0 Å². The summed E-state index contributed by atoms with van der Waals surface area (Å²) in [5.74, 6) is 0. The lowest BCUT2D eigenvalue weighted by Gasteiger charge is -2.35. The molecule has 0 fully saturated rings. The lowest BCUT2D eigenvalue weighted by atomic mass is 9.66. The quantitative estimate of drug-likeness (QED) is 0.179. The first-order chi connectivity index (χ1) is 25.2. The molecular formula is C50H35N. The van der Waals surface area contributed by atoms with Crippen molar-refractivity contribution in [2.75, 3.05) is 4.90 Å². The van der Waals surface area contributed by atoms with Gasteiger partial charge in [0.05, 0.1) is 5.41 Å². The summed E-state index contributed by atoms with van der Waals surface area (Å²) >= 11 is 0. The van der Waals surface area contributed by atoms with Crippen LogP contribution in [-0.2, 0) is 5.41 Å². The van der Waals surface area contributed by atoms with Crippen LogP contribution in [0.2, 0.25) is 0 Å². The van der Waals surface area contributed by atoms with Crippen molar-refractivity contribution in [3.8, 4) is 11.1 Å². The van der Waals surface area contributed by atoms with Crippen molar-refractivity contribution in [1.29, 1.82) is 0 Å². The summed E-state index contributed by atoms with van der Waals surface area (Å²) in [6.45, 7) is 2.27. The maximum atomic E-state index is 2.48. The van der Waals surface area contributed by atoms with Crippen LogP contribution in [0.4, 0.5) is 17.1 Å². The van der Waals surface area contributed by atoms with Gasteiger partial charge in [0.1, 0.15) is 0 Å². The molecule has 0 saturated heterocycles. The summed E-state index contributed by atoms with van der Waals surface area (Å²) in [5.41, 5.74) is 11.9. The molecule has 9 aromatic rings. The number of rotatable bonds is 5. The maximum Gasteiger partial charge on any atom is 0.0715 e. The zero-order valence-electron chi connectivity index (χ0n) is 28.4. The minimum absolute atomic E-state index is 0.581. The Balaban J connectivity index is 1.37. The van der Waals surface area contributed by atoms with E-state index < -0.39 is 5.41 Å². The Hall–Kier alpha value is -6.44. The van der Waals surface area contributed by atoms with Crippen LogP contribution in [0.5, 0.6) is 0 Å². The summed E-state index contributed by atoms with van der Waals surface area (Å²) in [6.07, 6.45) is 0. The van der Waals surface area contributed by atoms with Gasteiger partial charge >= 0.3 is 0 Å². The van der Waals surface area contributed by atoms with Gasteiger partial charge in [-0.25, -0.2) is 0 Å². The Labute approximate surface area is 298 Å². The molecule has 1 aliphatic carbocycles. The maximum absolute atomic E-state index is 2.48. The predicted octanol–water partition coefficient (Wildman–Crippen LogP) is 13.3. The Morgan fingerprint density at radius 1 is 0.373 bits per heavy atom. The van der Waals surface area contributed by atoms with Gasteiger partial charge in [0.2, 0.25) is 0 Å². The molecule has 1 heteroatoms. The van der Waals surface area contributed by atoms with Crippen LogP contribution in [0.1, 0.15) is 27.8 Å². The van der Waals surface area contributed by atoms with Crippen molar-refractivity contribution < 1.29 is 0 Å². The molecule has 0 atom stereocenters. The summed E-state index contributed by atoms with van der Waals surface area (Å²) in [4.78, 5) is 2.39. The van der Waals surface area contributed by atoms with Crippen LogP contribution in [0, 0.1) is 6.92 Å². The molecule has 9 aromatic carbocycles. The summed E-state index contributed by atoms with van der Waals surface area (Å²) in [7, 11) is 0. The summed E-state index contributed by atoms with van der Waals surface area (Å²) < 4.78 is 0. The molecule has 0 N–H and O–H groups in total. The molecule has 0 heterocycles. The normalized spacial score (nSPS) is 13.0. The second kappa shape index (κ2) is 11.6. The largest absolute Gasteiger partial charge is 0.310 e. The van der Waals surface area contributed by atoms with E-state index in [0.717, 1.165) is 17.1 Å². The van der Waals surface area contributed by atoms with E-state index in [1.165, 1.54) is 71.3 Å². The molecule has 1 aliphatic rings. The van der Waals surface area contributed by atoms with E-state index in [1.807, 2.05) is 0 Å². The van der Waals surface area contributed by atoms with Gasteiger partial charge in [-0.1, -0.05) is 146 Å². The third-order valence-corrected chi connectivity index (χ3v) is 11.0. The molecule has 0 bridgehead atoms. The summed E-state index contributed by atoms with van der Waals surface area (Å²) in [5, 5.41) is 7.58. The fraction of sp³-hybridized carbons (Fsp3) is 0.0400. The third kappa shape index (κ3) is 4.48. The van der Waals surface area contributed by atoms with E-state index in [4.69, 9.17) is 0 Å². The van der Waals surface area contributed by atoms with E-state index in [2.05, 4.69) is 206 Å². The molecule has 0 amide bonds. The Kier molecular flexibility index (Phi) is 6.69. The highest BCUT2D eigenvalue weighted by atomic mass is 15.1. The van der Waals surface area contributed by atoms with Gasteiger partial charge in [-0.2, -0.15) is 0 Å². The molecule has 0 spiro atoms. The second-order valence-electron chi connectivity index (χ2n) is 13.8. The zero-order valence-corrected chi connectivity index (χ0v) is 28.4. The number of fused-ring (bicyclic) bond motifs is 7. The number of anilines is 3. The van der Waals surface area contributed by atoms with Crippen LogP contribution in [-0.4, -0.2) is 0 Å². The standard InChI is InChI=1S/C50H35N/c1-34-30-48-49(45-23-13-12-22-44(34)45)46-29-28-43(51(41-18-4-2-5-19-41)42-20-6-3-7-21-42)33-47(46)50(48,39-26-24-35-14-8-10-16-37(35)31-39)40-27-25-36-15-9-11-17-38(36)32-40/h2-33H,1H3. The van der Waals surface area contributed by atoms with Gasteiger partial charge in [-0.3, -0.25) is 0 Å². The van der Waals surface area contributed by atoms with Gasteiger partial charge in [0.15, 0.2) is 0 Å². The molecule has 1 nitrogen and oxygen atoms in total. The Morgan fingerprint density at radius 3 is 1.47 bits per heavy atom. The number of benzene rings is 9. The van der Waals surface area contributed by atoms with Crippen LogP contribution < -0.4 is 4.90 Å². The van der Waals surface area contributed by atoms with E-state index in [0.29, 0.717) is 0 Å². The molecule has 0 unspecified atom stereocenters. The van der Waals surface area contributed by atoms with Gasteiger partial charge in [0, 0.05) is 17.1 Å². The van der Waals surface area contributed by atoms with Gasteiger partial charge in [-0.15, -0.1) is 0 Å². The van der Waals surface area contributed by atoms with Crippen molar-refractivity contribution in [3.05, 3.63) is 222 Å². The zero-order chi connectivity index (χ0) is 33.9. The second-order valence-corrected chi connectivity index (χ2v) is 13.8. The van der Waals surface area contributed by atoms with Gasteiger partial charge in [0.25, 0.3) is 0 Å². The van der Waals surface area contributed by atoms with Crippen molar-refractivity contribution >= 4 is 49.4 Å². The first-order valence-electron chi connectivity index (χ1n) is 17.8. The minimum atomic E-state index is -0.581. The Bertz CT molecular complexity index is 2640. The third-order valence-electron chi connectivity index (χ3n) is 11.0. The highest BCUT2D eigenvalue weighted by Gasteiger charge is 2.47. The smallest absolute Gasteiger partial charge is 0.0715 e. The fourth-order valence-corrected chi connectivity index (χ4v) is 8.72. The number of para-hydroxylation sites is 2. The first-order valence-corrected chi connectivity index (χ1v) is 17.8. The predicted molar refractivity (Wildman–Crippen MR) is 216 cm³/mol. The highest BCUT2D eigenvalue weighted by molar-refractivity contribution is 6.06. The first kappa shape index (κ1) is 29.5. The van der Waals surface area contributed by atoms with Crippen LogP contribution >= 0.6 is 0 Å². The van der Waals surface area contributed by atoms with Gasteiger partial charge in [-0.05, 0) is 127 Å². The number of hydrogen-bond donors (Lipinski definition) is 0. The Morgan fingerprint density at radius 2 is 0.882 bits per heavy atom. The average molecular weight is 650 g/mol. The van der Waals surface area contributed by atoms with Crippen LogP contribution in [0.25, 0.3) is 43.4 Å². The van der Waals surface area contributed by atoms with Crippen LogP contribution in [0.15, 0.2) is 194 Å². The average Bonchev–Trinajstić information content (AvgIpc) is 3.48. The van der Waals surface area contributed by atoms with E-state index in [-0.39, 0.29) is 0 Å². The van der Waals surface area contributed by atoms with Crippen molar-refractivity contribution in [2.45, 2.75) is 12.3 Å². The van der Waals surface area contributed by atoms with E-state index in [1.54, 1.807) is 0 Å². The monoisotopic (exact) mass is 649 g/mol. The molecule has 51 heavy (non-hydrogen) atoms. The van der Waals surface area contributed by atoms with Crippen molar-refractivity contribution in [2.24, 2.45) is 0 Å².